The molecule has 0 spiro atoms. The molecule has 0 aliphatic heterocycles. The number of rotatable bonds is 3. The summed E-state index contributed by atoms with van der Waals surface area (Å²) in [5.41, 5.74) is 2.71. The number of hydrogen-bond donors (Lipinski definition) is 1. The van der Waals surface area contributed by atoms with Gasteiger partial charge in [0.2, 0.25) is 0 Å². The van der Waals surface area contributed by atoms with Crippen LogP contribution in [0, 0.1) is 6.92 Å². The number of aliphatic carboxylic acids is 1. The van der Waals surface area contributed by atoms with E-state index in [0.29, 0.717) is 0 Å². The Kier molecular flexibility index (Phi) is 2.96. The van der Waals surface area contributed by atoms with Gasteiger partial charge in [0, 0.05) is 17.2 Å². The molecular weight excluding hydrogens is 280 g/mol. The third kappa shape index (κ3) is 2.09. The molecule has 0 aliphatic carbocycles. The maximum Gasteiger partial charge on any atom is 0.328 e. The first-order chi connectivity index (χ1) is 9.16. The molecule has 0 aromatic carbocycles. The van der Waals surface area contributed by atoms with E-state index in [0.717, 1.165) is 33.0 Å². The molecule has 96 valence electrons. The fourth-order valence-electron chi connectivity index (χ4n) is 1.92. The lowest BCUT2D eigenvalue weighted by Gasteiger charge is -1.98. The highest BCUT2D eigenvalue weighted by atomic mass is 32.1. The lowest BCUT2D eigenvalue weighted by Crippen LogP contribution is -1.91. The van der Waals surface area contributed by atoms with E-state index in [1.807, 2.05) is 34.2 Å². The minimum absolute atomic E-state index is 0.818. The third-order valence-corrected chi connectivity index (χ3v) is 4.53. The van der Waals surface area contributed by atoms with Crippen LogP contribution in [0.25, 0.3) is 21.6 Å². The van der Waals surface area contributed by atoms with Gasteiger partial charge in [0.05, 0.1) is 10.6 Å². The van der Waals surface area contributed by atoms with E-state index in [2.05, 4.69) is 4.98 Å². The summed E-state index contributed by atoms with van der Waals surface area (Å²) in [4.78, 5) is 17.3. The number of fused-ring (bicyclic) bond motifs is 1. The van der Waals surface area contributed by atoms with E-state index in [9.17, 15) is 4.79 Å². The molecule has 0 saturated carbocycles. The Bertz CT molecular complexity index is 766. The van der Waals surface area contributed by atoms with E-state index < -0.39 is 5.97 Å². The van der Waals surface area contributed by atoms with Crippen LogP contribution in [0.1, 0.15) is 11.4 Å². The van der Waals surface area contributed by atoms with Crippen molar-refractivity contribution in [3.63, 3.8) is 0 Å². The van der Waals surface area contributed by atoms with Gasteiger partial charge < -0.3 is 5.11 Å². The second kappa shape index (κ2) is 4.64. The summed E-state index contributed by atoms with van der Waals surface area (Å²) in [5, 5.41) is 12.8. The Morgan fingerprint density at radius 1 is 1.47 bits per heavy atom. The quantitative estimate of drug-likeness (QED) is 0.751. The molecule has 0 fully saturated rings. The van der Waals surface area contributed by atoms with Crippen molar-refractivity contribution < 1.29 is 9.90 Å². The number of thiophene rings is 1. The average molecular weight is 290 g/mol. The Morgan fingerprint density at radius 3 is 3.00 bits per heavy atom. The Balaban J connectivity index is 2.26. The zero-order valence-electron chi connectivity index (χ0n) is 10.0. The summed E-state index contributed by atoms with van der Waals surface area (Å²) in [6.45, 7) is 1.99. The van der Waals surface area contributed by atoms with E-state index >= 15 is 0 Å². The molecule has 4 nitrogen and oxygen atoms in total. The van der Waals surface area contributed by atoms with Crippen LogP contribution in [-0.2, 0) is 4.79 Å². The van der Waals surface area contributed by atoms with Crippen molar-refractivity contribution in [2.24, 2.45) is 0 Å². The van der Waals surface area contributed by atoms with Gasteiger partial charge in [0.25, 0.3) is 0 Å². The highest BCUT2D eigenvalue weighted by Gasteiger charge is 2.15. The number of thiazole rings is 1. The Morgan fingerprint density at radius 2 is 2.32 bits per heavy atom. The molecule has 3 aromatic heterocycles. The molecular formula is C13H10N2O2S2. The van der Waals surface area contributed by atoms with Crippen LogP contribution in [0.4, 0.5) is 0 Å². The van der Waals surface area contributed by atoms with Gasteiger partial charge in [0.15, 0.2) is 4.96 Å². The number of nitrogens with zero attached hydrogens (tertiary/aromatic N) is 2. The van der Waals surface area contributed by atoms with Gasteiger partial charge in [-0.25, -0.2) is 9.78 Å². The van der Waals surface area contributed by atoms with Crippen molar-refractivity contribution in [1.29, 1.82) is 0 Å². The molecule has 3 heterocycles. The average Bonchev–Trinajstić information content (AvgIpc) is 3.04. The first kappa shape index (κ1) is 12.1. The predicted molar refractivity (Wildman–Crippen MR) is 77.8 cm³/mol. The van der Waals surface area contributed by atoms with Crippen LogP contribution in [0.3, 0.4) is 0 Å². The molecule has 19 heavy (non-hydrogen) atoms. The van der Waals surface area contributed by atoms with E-state index in [1.165, 1.54) is 0 Å². The van der Waals surface area contributed by atoms with Gasteiger partial charge in [-0.2, -0.15) is 0 Å². The number of hydrogen-bond acceptors (Lipinski definition) is 4. The van der Waals surface area contributed by atoms with E-state index in [-0.39, 0.29) is 0 Å². The summed E-state index contributed by atoms with van der Waals surface area (Å²) < 4.78 is 1.99. The molecule has 0 unspecified atom stereocenters. The van der Waals surface area contributed by atoms with Gasteiger partial charge in [-0.05, 0) is 24.4 Å². The van der Waals surface area contributed by atoms with E-state index in [1.54, 1.807) is 28.7 Å². The molecule has 0 atom stereocenters. The maximum atomic E-state index is 10.7. The largest absolute Gasteiger partial charge is 0.478 e. The lowest BCUT2D eigenvalue weighted by molar-refractivity contribution is -0.131. The van der Waals surface area contributed by atoms with Crippen LogP contribution < -0.4 is 0 Å². The van der Waals surface area contributed by atoms with Crippen LogP contribution in [0.2, 0.25) is 0 Å². The second-order valence-electron chi connectivity index (χ2n) is 3.99. The van der Waals surface area contributed by atoms with Crippen LogP contribution in [0.5, 0.6) is 0 Å². The third-order valence-electron chi connectivity index (χ3n) is 2.71. The van der Waals surface area contributed by atoms with Gasteiger partial charge in [0.1, 0.15) is 5.69 Å². The fraction of sp³-hybridized carbons (Fsp3) is 0.0769. The first-order valence-electron chi connectivity index (χ1n) is 5.58. The SMILES string of the molecule is Cc1csc2nc(-c3cccs3)c(/C=C/C(=O)O)n12. The molecule has 0 amide bonds. The zero-order chi connectivity index (χ0) is 13.4. The second-order valence-corrected chi connectivity index (χ2v) is 5.77. The van der Waals surface area contributed by atoms with Crippen molar-refractivity contribution in [3.8, 4) is 10.6 Å². The van der Waals surface area contributed by atoms with Crippen molar-refractivity contribution >= 4 is 39.7 Å². The first-order valence-corrected chi connectivity index (χ1v) is 7.34. The number of aryl methyl sites for hydroxylation is 1. The summed E-state index contributed by atoms with van der Waals surface area (Å²) >= 11 is 3.15. The summed E-state index contributed by atoms with van der Waals surface area (Å²) in [5.74, 6) is -0.958. The van der Waals surface area contributed by atoms with Gasteiger partial charge >= 0.3 is 5.97 Å². The van der Waals surface area contributed by atoms with E-state index in [4.69, 9.17) is 5.11 Å². The van der Waals surface area contributed by atoms with Crippen LogP contribution >= 0.6 is 22.7 Å². The van der Waals surface area contributed by atoms with Crippen molar-refractivity contribution in [2.45, 2.75) is 6.92 Å². The maximum absolute atomic E-state index is 10.7. The van der Waals surface area contributed by atoms with Gasteiger partial charge in [-0.3, -0.25) is 4.40 Å². The van der Waals surface area contributed by atoms with Crippen LogP contribution in [-0.4, -0.2) is 20.5 Å². The number of carboxylic acids is 1. The Labute approximate surface area is 117 Å². The molecule has 0 radical (unpaired) electrons. The fourth-order valence-corrected chi connectivity index (χ4v) is 3.52. The van der Waals surface area contributed by atoms with Gasteiger partial charge in [-0.15, -0.1) is 22.7 Å². The summed E-state index contributed by atoms with van der Waals surface area (Å²) in [6, 6.07) is 3.95. The number of imidazole rings is 1. The molecule has 3 aromatic rings. The van der Waals surface area contributed by atoms with Crippen molar-refractivity contribution in [1.82, 2.24) is 9.38 Å². The molecule has 3 rings (SSSR count). The minimum Gasteiger partial charge on any atom is -0.478 e. The Hall–Kier alpha value is -1.92. The minimum atomic E-state index is -0.958. The molecule has 0 aliphatic rings. The monoisotopic (exact) mass is 290 g/mol. The lowest BCUT2D eigenvalue weighted by atomic mass is 10.2. The smallest absolute Gasteiger partial charge is 0.328 e. The molecule has 1 N–H and O–H groups in total. The summed E-state index contributed by atoms with van der Waals surface area (Å²) in [7, 11) is 0. The molecule has 0 bridgehead atoms. The van der Waals surface area contributed by atoms with Crippen molar-refractivity contribution in [3.05, 3.63) is 40.4 Å². The van der Waals surface area contributed by atoms with Gasteiger partial charge in [-0.1, -0.05) is 6.07 Å². The van der Waals surface area contributed by atoms with Crippen LogP contribution in [0.15, 0.2) is 29.0 Å². The highest BCUT2D eigenvalue weighted by molar-refractivity contribution is 7.15. The zero-order valence-corrected chi connectivity index (χ0v) is 11.7. The number of aromatic nitrogens is 2. The van der Waals surface area contributed by atoms with Crippen molar-refractivity contribution in [2.75, 3.05) is 0 Å². The normalized spacial score (nSPS) is 11.6. The summed E-state index contributed by atoms with van der Waals surface area (Å²) in [6.07, 6.45) is 2.76. The number of carboxylic acid groups (broad SMARTS) is 1. The predicted octanol–water partition coefficient (Wildman–Crippen LogP) is 3.53. The number of carbonyl (C=O) groups is 1. The topological polar surface area (TPSA) is 54.6 Å². The molecule has 0 saturated heterocycles. The molecule has 6 heteroatoms. The highest BCUT2D eigenvalue weighted by Crippen LogP contribution is 2.31. The standard InChI is InChI=1S/C13H10N2O2S2/c1-8-7-19-13-14-12(10-3-2-6-18-10)9(15(8)13)4-5-11(16)17/h2-7H,1H3,(H,16,17)/b5-4+.